The largest absolute Gasteiger partial charge is 0.362 e. The zero-order chi connectivity index (χ0) is 18.1. The van der Waals surface area contributed by atoms with Gasteiger partial charge >= 0.3 is 0 Å². The average Bonchev–Trinajstić information content (AvgIpc) is 2.59. The fourth-order valence-electron chi connectivity index (χ4n) is 2.81. The second kappa shape index (κ2) is 6.50. The number of aromatic nitrogens is 4. The van der Waals surface area contributed by atoms with E-state index in [9.17, 15) is 9.59 Å². The van der Waals surface area contributed by atoms with E-state index in [4.69, 9.17) is 0 Å². The van der Waals surface area contributed by atoms with Crippen molar-refractivity contribution in [2.45, 2.75) is 13.0 Å². The second-order valence-corrected chi connectivity index (χ2v) is 6.33. The van der Waals surface area contributed by atoms with Crippen LogP contribution in [0, 0.1) is 0 Å². The first-order valence-electron chi connectivity index (χ1n) is 7.95. The van der Waals surface area contributed by atoms with Gasteiger partial charge in [0.25, 0.3) is 11.5 Å². The minimum absolute atomic E-state index is 0.0423. The van der Waals surface area contributed by atoms with Gasteiger partial charge in [-0.15, -0.1) is 0 Å². The number of H-pyrrole nitrogens is 1. The van der Waals surface area contributed by atoms with Gasteiger partial charge in [0.15, 0.2) is 0 Å². The van der Waals surface area contributed by atoms with E-state index in [-0.39, 0.29) is 11.5 Å². The summed E-state index contributed by atoms with van der Waals surface area (Å²) in [7, 11) is 7.63. The molecule has 0 radical (unpaired) electrons. The van der Waals surface area contributed by atoms with E-state index < -0.39 is 5.56 Å². The quantitative estimate of drug-likeness (QED) is 0.830. The van der Waals surface area contributed by atoms with Gasteiger partial charge in [-0.05, 0) is 6.42 Å². The summed E-state index contributed by atoms with van der Waals surface area (Å²) in [6.45, 7) is 0.846. The van der Waals surface area contributed by atoms with Crippen molar-refractivity contribution in [3.05, 3.63) is 39.7 Å². The molecule has 0 unspecified atom stereocenters. The molecule has 2 aromatic rings. The Kier molecular flexibility index (Phi) is 4.39. The van der Waals surface area contributed by atoms with E-state index in [1.807, 2.05) is 38.0 Å². The van der Waals surface area contributed by atoms with Crippen LogP contribution in [0.4, 0.5) is 11.8 Å². The van der Waals surface area contributed by atoms with Crippen LogP contribution >= 0.6 is 0 Å². The Hall–Kier alpha value is -2.97. The highest BCUT2D eigenvalue weighted by atomic mass is 16.2. The Morgan fingerprint density at radius 3 is 2.60 bits per heavy atom. The maximum Gasteiger partial charge on any atom is 0.263 e. The molecule has 25 heavy (non-hydrogen) atoms. The van der Waals surface area contributed by atoms with Crippen molar-refractivity contribution in [2.75, 3.05) is 44.5 Å². The molecule has 3 rings (SSSR count). The van der Waals surface area contributed by atoms with Crippen LogP contribution in [0.2, 0.25) is 0 Å². The first kappa shape index (κ1) is 16.9. The molecular weight excluding hydrogens is 322 g/mol. The molecule has 0 aromatic carbocycles. The van der Waals surface area contributed by atoms with Gasteiger partial charge in [-0.25, -0.2) is 9.97 Å². The monoisotopic (exact) mass is 343 g/mol. The number of anilines is 2. The van der Waals surface area contributed by atoms with Crippen molar-refractivity contribution in [1.29, 1.82) is 0 Å². The zero-order valence-electron chi connectivity index (χ0n) is 14.8. The van der Waals surface area contributed by atoms with Crippen LogP contribution in [0.25, 0.3) is 0 Å². The summed E-state index contributed by atoms with van der Waals surface area (Å²) in [5.74, 6) is 1.12. The van der Waals surface area contributed by atoms with E-state index in [0.29, 0.717) is 25.5 Å². The highest BCUT2D eigenvalue weighted by Crippen LogP contribution is 2.27. The molecule has 0 fully saturated rings. The van der Waals surface area contributed by atoms with Gasteiger partial charge in [0.05, 0.1) is 18.6 Å². The number of aromatic amines is 1. The van der Waals surface area contributed by atoms with Crippen LogP contribution in [0.1, 0.15) is 21.6 Å². The lowest BCUT2D eigenvalue weighted by Gasteiger charge is -2.31. The molecule has 0 bridgehead atoms. The van der Waals surface area contributed by atoms with Crippen molar-refractivity contribution in [3.63, 3.8) is 0 Å². The number of rotatable bonds is 3. The summed E-state index contributed by atoms with van der Waals surface area (Å²) < 4.78 is 0. The molecule has 9 nitrogen and oxygen atoms in total. The molecule has 0 atom stereocenters. The minimum atomic E-state index is -0.434. The first-order chi connectivity index (χ1) is 11.9. The molecule has 0 saturated carbocycles. The van der Waals surface area contributed by atoms with Crippen molar-refractivity contribution < 1.29 is 4.79 Å². The predicted octanol–water partition coefficient (Wildman–Crippen LogP) is -0.110. The number of nitrogens with one attached hydrogen (secondary N) is 1. The predicted molar refractivity (Wildman–Crippen MR) is 94.0 cm³/mol. The standard InChI is InChI=1S/C16H21N7O2/c1-21(2)13-10-5-6-23(8-12(10)19-16(20-13)22(3)4)15(25)11-7-17-9-18-14(11)24/h7,9H,5-6,8H2,1-4H3,(H,17,18,24). The third-order valence-corrected chi connectivity index (χ3v) is 4.09. The van der Waals surface area contributed by atoms with Crippen LogP contribution in [0.5, 0.6) is 0 Å². The van der Waals surface area contributed by atoms with Crippen molar-refractivity contribution in [2.24, 2.45) is 0 Å². The zero-order valence-corrected chi connectivity index (χ0v) is 14.8. The maximum absolute atomic E-state index is 12.7. The normalized spacial score (nSPS) is 13.4. The molecule has 2 aromatic heterocycles. The molecule has 9 heteroatoms. The van der Waals surface area contributed by atoms with Crippen LogP contribution in [-0.2, 0) is 13.0 Å². The third kappa shape index (κ3) is 3.17. The Morgan fingerprint density at radius 1 is 1.20 bits per heavy atom. The lowest BCUT2D eigenvalue weighted by Crippen LogP contribution is -2.40. The van der Waals surface area contributed by atoms with Crippen molar-refractivity contribution in [1.82, 2.24) is 24.8 Å². The number of carbonyl (C=O) groups is 1. The second-order valence-electron chi connectivity index (χ2n) is 6.33. The Bertz CT molecular complexity index is 860. The van der Waals surface area contributed by atoms with E-state index in [1.54, 1.807) is 4.90 Å². The molecule has 0 saturated heterocycles. The fraction of sp³-hybridized carbons (Fsp3) is 0.438. The van der Waals surface area contributed by atoms with E-state index in [1.165, 1.54) is 12.5 Å². The van der Waals surface area contributed by atoms with Crippen LogP contribution in [-0.4, -0.2) is 65.5 Å². The third-order valence-electron chi connectivity index (χ3n) is 4.09. The number of hydrogen-bond acceptors (Lipinski definition) is 7. The number of nitrogens with zero attached hydrogens (tertiary/aromatic N) is 6. The van der Waals surface area contributed by atoms with Gasteiger partial charge in [0.2, 0.25) is 5.95 Å². The van der Waals surface area contributed by atoms with Crippen molar-refractivity contribution >= 4 is 17.7 Å². The Labute approximate surface area is 145 Å². The molecular formula is C16H21N7O2. The van der Waals surface area contributed by atoms with Gasteiger partial charge < -0.3 is 19.7 Å². The van der Waals surface area contributed by atoms with Crippen LogP contribution < -0.4 is 15.4 Å². The Balaban J connectivity index is 1.96. The molecule has 0 aliphatic carbocycles. The number of fused-ring (bicyclic) bond motifs is 1. The number of amides is 1. The topological polar surface area (TPSA) is 98.3 Å². The molecule has 1 amide bonds. The van der Waals surface area contributed by atoms with Crippen molar-refractivity contribution in [3.8, 4) is 0 Å². The van der Waals surface area contributed by atoms with Crippen LogP contribution in [0.3, 0.4) is 0 Å². The van der Waals surface area contributed by atoms with E-state index in [0.717, 1.165) is 17.1 Å². The smallest absolute Gasteiger partial charge is 0.263 e. The minimum Gasteiger partial charge on any atom is -0.362 e. The van der Waals surface area contributed by atoms with Gasteiger partial charge in [-0.1, -0.05) is 0 Å². The summed E-state index contributed by atoms with van der Waals surface area (Å²) in [6, 6.07) is 0. The molecule has 132 valence electrons. The lowest BCUT2D eigenvalue weighted by atomic mass is 10.0. The summed E-state index contributed by atoms with van der Waals surface area (Å²) in [6.07, 6.45) is 3.21. The highest BCUT2D eigenvalue weighted by molar-refractivity contribution is 5.93. The molecule has 1 aliphatic heterocycles. The molecule has 0 spiro atoms. The van der Waals surface area contributed by atoms with E-state index >= 15 is 0 Å². The summed E-state index contributed by atoms with van der Waals surface area (Å²) in [4.78, 5) is 45.4. The summed E-state index contributed by atoms with van der Waals surface area (Å²) in [5, 5.41) is 0. The summed E-state index contributed by atoms with van der Waals surface area (Å²) >= 11 is 0. The SMILES string of the molecule is CN(C)c1nc2c(c(N(C)C)n1)CCN(C(=O)c1cnc[nH]c1=O)C2. The van der Waals surface area contributed by atoms with Crippen LogP contribution in [0.15, 0.2) is 17.3 Å². The van der Waals surface area contributed by atoms with Gasteiger partial charge in [0.1, 0.15) is 11.4 Å². The maximum atomic E-state index is 12.7. The number of hydrogen-bond donors (Lipinski definition) is 1. The van der Waals surface area contributed by atoms with E-state index in [2.05, 4.69) is 19.9 Å². The molecule has 1 aliphatic rings. The molecule has 3 heterocycles. The average molecular weight is 343 g/mol. The van der Waals surface area contributed by atoms with Gasteiger partial charge in [-0.3, -0.25) is 9.59 Å². The van der Waals surface area contributed by atoms with Gasteiger partial charge in [0, 0.05) is 46.5 Å². The lowest BCUT2D eigenvalue weighted by molar-refractivity contribution is 0.0729. The number of carbonyl (C=O) groups excluding carboxylic acids is 1. The summed E-state index contributed by atoms with van der Waals surface area (Å²) in [5.41, 5.74) is 1.46. The fourth-order valence-corrected chi connectivity index (χ4v) is 2.81. The Morgan fingerprint density at radius 2 is 1.96 bits per heavy atom. The first-order valence-corrected chi connectivity index (χ1v) is 7.95. The highest BCUT2D eigenvalue weighted by Gasteiger charge is 2.28. The van der Waals surface area contributed by atoms with Gasteiger partial charge in [-0.2, -0.15) is 4.98 Å². The molecule has 1 N–H and O–H groups in total.